The van der Waals surface area contributed by atoms with Gasteiger partial charge in [-0.15, -0.1) is 0 Å². The molecule has 0 spiro atoms. The molecule has 256 valence electrons. The van der Waals surface area contributed by atoms with Crippen molar-refractivity contribution in [2.75, 3.05) is 0 Å². The molecule has 0 unspecified atom stereocenters. The largest absolute Gasteiger partial charge is 0.488 e. The molecule has 0 saturated heterocycles. The van der Waals surface area contributed by atoms with Gasteiger partial charge in [0.25, 0.3) is 0 Å². The maximum atomic E-state index is 14.3. The maximum Gasteiger partial charge on any atom is 0.488 e. The summed E-state index contributed by atoms with van der Waals surface area (Å²) in [6.07, 6.45) is 12.5. The number of allylic oxidation sites excluding steroid dienone is 3. The minimum atomic E-state index is -1.44. The van der Waals surface area contributed by atoms with Gasteiger partial charge in [0, 0.05) is 0 Å². The Labute approximate surface area is 289 Å². The molecular weight excluding hydrogens is 591 g/mol. The van der Waals surface area contributed by atoms with Crippen LogP contribution in [-0.2, 0) is 16.1 Å². The van der Waals surface area contributed by atoms with E-state index in [0.717, 1.165) is 37.7 Å². The summed E-state index contributed by atoms with van der Waals surface area (Å²) in [4.78, 5) is 14.3. The highest BCUT2D eigenvalue weighted by atomic mass is 16.5. The number of esters is 1. The van der Waals surface area contributed by atoms with Crippen molar-refractivity contribution in [1.82, 2.24) is 0 Å². The van der Waals surface area contributed by atoms with Crippen LogP contribution in [-0.4, -0.2) is 23.1 Å². The molecule has 2 N–H and O–H groups in total. The molecule has 0 aliphatic heterocycles. The van der Waals surface area contributed by atoms with E-state index in [4.69, 9.17) is 4.74 Å². The molecule has 5 heteroatoms. The second-order valence-corrected chi connectivity index (χ2v) is 17.9. The standard InChI is InChI=1S/C43H57BO4/c1-28(2)32-19-24-43(38(45)48-27-29-11-9-8-10-12-29)26-25-41(6)34(37(32)43)17-18-36-40(5)22-20-33(30-13-15-31(16-14-30)44(46)47)39(3,4)35(40)21-23-42(36,41)7/h8-16,20,32,34-37,46-47H,1,17-19,21-27H2,2-7H3/t32-,34+,35-,36+,37+,40-,41+,42+,43-/m0/s1. The summed E-state index contributed by atoms with van der Waals surface area (Å²) in [6.45, 7) is 19.9. The first kappa shape index (κ1) is 33.9. The Morgan fingerprint density at radius 3 is 2.23 bits per heavy atom. The summed E-state index contributed by atoms with van der Waals surface area (Å²) in [5, 5.41) is 19.3. The molecule has 0 heterocycles. The summed E-state index contributed by atoms with van der Waals surface area (Å²) in [5.74, 6) is 2.40. The van der Waals surface area contributed by atoms with Gasteiger partial charge in [0.15, 0.2) is 0 Å². The molecule has 4 nitrogen and oxygen atoms in total. The van der Waals surface area contributed by atoms with Crippen molar-refractivity contribution in [3.05, 3.63) is 84.0 Å². The Morgan fingerprint density at radius 2 is 1.56 bits per heavy atom. The Balaban J connectivity index is 1.20. The van der Waals surface area contributed by atoms with E-state index in [1.54, 1.807) is 0 Å². The average molecular weight is 649 g/mol. The topological polar surface area (TPSA) is 66.8 Å². The van der Waals surface area contributed by atoms with Crippen LogP contribution >= 0.6 is 0 Å². The van der Waals surface area contributed by atoms with Crippen LogP contribution in [0.1, 0.15) is 110 Å². The van der Waals surface area contributed by atoms with E-state index in [9.17, 15) is 14.8 Å². The minimum absolute atomic E-state index is 0.00611. The first-order valence-corrected chi connectivity index (χ1v) is 18.7. The van der Waals surface area contributed by atoms with Gasteiger partial charge in [0.1, 0.15) is 6.61 Å². The van der Waals surface area contributed by atoms with Crippen LogP contribution in [0.3, 0.4) is 0 Å². The Kier molecular flexibility index (Phi) is 8.27. The molecule has 0 aromatic heterocycles. The lowest BCUT2D eigenvalue weighted by Gasteiger charge is -2.72. The lowest BCUT2D eigenvalue weighted by Crippen LogP contribution is -2.66. The Morgan fingerprint density at radius 1 is 0.854 bits per heavy atom. The SMILES string of the molecule is C=C(C)[C@@H]1CC[C@]2(C(=O)OCc3ccccc3)CC[C@]3(C)[C@H](CC[C@@H]4[C@@]5(C)CC=C(c6ccc(B(O)O)cc6)C(C)(C)[C@@H]5CC[C@]43C)[C@@H]12. The number of carbonyl (C=O) groups is 1. The second-order valence-electron chi connectivity index (χ2n) is 17.9. The van der Waals surface area contributed by atoms with Crippen LogP contribution < -0.4 is 5.46 Å². The van der Waals surface area contributed by atoms with Gasteiger partial charge in [0.2, 0.25) is 0 Å². The fraction of sp³-hybridized carbons (Fsp3) is 0.605. The summed E-state index contributed by atoms with van der Waals surface area (Å²) in [5.41, 5.74) is 5.60. The molecule has 2 aromatic carbocycles. The zero-order valence-electron chi connectivity index (χ0n) is 30.2. The average Bonchev–Trinajstić information content (AvgIpc) is 3.46. The van der Waals surface area contributed by atoms with Crippen LogP contribution in [0.15, 0.2) is 72.8 Å². The van der Waals surface area contributed by atoms with Gasteiger partial charge in [-0.2, -0.15) is 0 Å². The third-order valence-corrected chi connectivity index (χ3v) is 15.8. The maximum absolute atomic E-state index is 14.3. The number of benzene rings is 2. The van der Waals surface area contributed by atoms with Crippen LogP contribution in [0.5, 0.6) is 0 Å². The third kappa shape index (κ3) is 4.80. The van der Waals surface area contributed by atoms with Gasteiger partial charge in [-0.25, -0.2) is 0 Å². The molecule has 7 rings (SSSR count). The summed E-state index contributed by atoms with van der Waals surface area (Å²) in [6, 6.07) is 18.0. The number of hydrogen-bond donors (Lipinski definition) is 2. The molecule has 5 aliphatic carbocycles. The molecule has 0 amide bonds. The van der Waals surface area contributed by atoms with Gasteiger partial charge in [0.05, 0.1) is 5.41 Å². The molecule has 48 heavy (non-hydrogen) atoms. The summed E-state index contributed by atoms with van der Waals surface area (Å²) >= 11 is 0. The second kappa shape index (κ2) is 11.7. The smallest absolute Gasteiger partial charge is 0.460 e. The number of rotatable bonds is 6. The van der Waals surface area contributed by atoms with Crippen molar-refractivity contribution in [3.63, 3.8) is 0 Å². The monoisotopic (exact) mass is 648 g/mol. The van der Waals surface area contributed by atoms with Crippen molar-refractivity contribution < 1.29 is 19.6 Å². The van der Waals surface area contributed by atoms with Crippen molar-refractivity contribution in [3.8, 4) is 0 Å². The van der Waals surface area contributed by atoms with Gasteiger partial charge >= 0.3 is 13.1 Å². The highest BCUT2D eigenvalue weighted by Crippen LogP contribution is 2.77. The number of fused-ring (bicyclic) bond motifs is 7. The van der Waals surface area contributed by atoms with E-state index in [2.05, 4.69) is 66.3 Å². The van der Waals surface area contributed by atoms with Crippen LogP contribution in [0, 0.1) is 56.7 Å². The number of ether oxygens (including phenoxy) is 1. The van der Waals surface area contributed by atoms with E-state index < -0.39 is 12.5 Å². The first-order chi connectivity index (χ1) is 22.7. The summed E-state index contributed by atoms with van der Waals surface area (Å²) in [7, 11) is -1.44. The van der Waals surface area contributed by atoms with Gasteiger partial charge in [-0.05, 0) is 138 Å². The molecule has 9 atom stereocenters. The highest BCUT2D eigenvalue weighted by Gasteiger charge is 2.71. The lowest BCUT2D eigenvalue weighted by atomic mass is 9.32. The van der Waals surface area contributed by atoms with Crippen molar-refractivity contribution in [2.45, 2.75) is 106 Å². The molecule has 0 radical (unpaired) electrons. The van der Waals surface area contributed by atoms with E-state index >= 15 is 0 Å². The number of carbonyl (C=O) groups excluding carboxylic acids is 1. The van der Waals surface area contributed by atoms with E-state index in [1.807, 2.05) is 42.5 Å². The lowest BCUT2D eigenvalue weighted by molar-refractivity contribution is -0.229. The fourth-order valence-electron chi connectivity index (χ4n) is 13.3. The van der Waals surface area contributed by atoms with Gasteiger partial charge in [-0.3, -0.25) is 4.79 Å². The number of hydrogen-bond acceptors (Lipinski definition) is 4. The third-order valence-electron chi connectivity index (χ3n) is 15.8. The van der Waals surface area contributed by atoms with Crippen LogP contribution in [0.25, 0.3) is 5.57 Å². The zero-order valence-corrected chi connectivity index (χ0v) is 30.2. The predicted molar refractivity (Wildman–Crippen MR) is 195 cm³/mol. The molecule has 5 aliphatic rings. The molecule has 4 saturated carbocycles. The minimum Gasteiger partial charge on any atom is -0.460 e. The molecular formula is C43H57BO4. The van der Waals surface area contributed by atoms with Gasteiger partial charge < -0.3 is 14.8 Å². The van der Waals surface area contributed by atoms with Crippen LogP contribution in [0.2, 0.25) is 0 Å². The molecule has 4 fully saturated rings. The molecule has 0 bridgehead atoms. The Bertz CT molecular complexity index is 1590. The normalized spacial score (nSPS) is 39.6. The quantitative estimate of drug-likeness (QED) is 0.187. The van der Waals surface area contributed by atoms with Crippen LogP contribution in [0.4, 0.5) is 0 Å². The van der Waals surface area contributed by atoms with E-state index in [0.29, 0.717) is 41.7 Å². The van der Waals surface area contributed by atoms with Crippen molar-refractivity contribution in [1.29, 1.82) is 0 Å². The van der Waals surface area contributed by atoms with E-state index in [-0.39, 0.29) is 27.6 Å². The van der Waals surface area contributed by atoms with Crippen molar-refractivity contribution in [2.24, 2.45) is 56.7 Å². The Hall–Kier alpha value is -2.63. The fourth-order valence-corrected chi connectivity index (χ4v) is 13.3. The van der Waals surface area contributed by atoms with E-state index in [1.165, 1.54) is 42.4 Å². The van der Waals surface area contributed by atoms with Crippen molar-refractivity contribution >= 4 is 24.1 Å². The van der Waals surface area contributed by atoms with Gasteiger partial charge in [-0.1, -0.05) is 107 Å². The predicted octanol–water partition coefficient (Wildman–Crippen LogP) is 8.76. The first-order valence-electron chi connectivity index (χ1n) is 18.7. The zero-order chi connectivity index (χ0) is 34.3. The highest BCUT2D eigenvalue weighted by molar-refractivity contribution is 6.58. The molecule has 2 aromatic rings. The summed E-state index contributed by atoms with van der Waals surface area (Å²) < 4.78 is 6.22.